The summed E-state index contributed by atoms with van der Waals surface area (Å²) in [7, 11) is 3.74. The molecule has 3 heteroatoms. The van der Waals surface area contributed by atoms with Crippen LogP contribution in [-0.2, 0) is 0 Å². The minimum Gasteiger partial charge on any atom is -0.399 e. The number of rotatable bonds is 3. The van der Waals surface area contributed by atoms with Gasteiger partial charge < -0.3 is 10.6 Å². The molecule has 0 fully saturated rings. The molecule has 0 aliphatic rings. The summed E-state index contributed by atoms with van der Waals surface area (Å²) in [6.45, 7) is 0.434. The first-order valence-electron chi connectivity index (χ1n) is 4.13. The first-order valence-corrected chi connectivity index (χ1v) is 4.13. The molecule has 1 aromatic rings. The Bertz CT molecular complexity index is 290. The van der Waals surface area contributed by atoms with Crippen LogP contribution in [0.3, 0.4) is 0 Å². The largest absolute Gasteiger partial charge is 0.399 e. The van der Waals surface area contributed by atoms with Crippen LogP contribution < -0.4 is 5.73 Å². The van der Waals surface area contributed by atoms with Gasteiger partial charge in [-0.25, -0.2) is 0 Å². The Labute approximate surface area is 78.2 Å². The van der Waals surface area contributed by atoms with Gasteiger partial charge in [-0.1, -0.05) is 0 Å². The van der Waals surface area contributed by atoms with Crippen molar-refractivity contribution < 1.29 is 4.79 Å². The maximum atomic E-state index is 11.5. The SMILES string of the molecule is CN(C)CC(=O)c1ccc(N)cc1. The van der Waals surface area contributed by atoms with Crippen LogP contribution in [0.15, 0.2) is 24.3 Å². The number of nitrogens with zero attached hydrogens (tertiary/aromatic N) is 1. The molecule has 1 aromatic carbocycles. The Kier molecular flexibility index (Phi) is 3.03. The van der Waals surface area contributed by atoms with Crippen LogP contribution >= 0.6 is 0 Å². The average molecular weight is 178 g/mol. The summed E-state index contributed by atoms with van der Waals surface area (Å²) >= 11 is 0. The number of ketones is 1. The van der Waals surface area contributed by atoms with Crippen molar-refractivity contribution in [2.45, 2.75) is 0 Å². The van der Waals surface area contributed by atoms with Crippen molar-refractivity contribution in [1.82, 2.24) is 4.90 Å². The van der Waals surface area contributed by atoms with E-state index in [4.69, 9.17) is 5.73 Å². The van der Waals surface area contributed by atoms with E-state index in [0.717, 1.165) is 0 Å². The summed E-state index contributed by atoms with van der Waals surface area (Å²) in [6, 6.07) is 6.98. The number of nitrogens with two attached hydrogens (primary N) is 1. The fourth-order valence-electron chi connectivity index (χ4n) is 1.05. The van der Waals surface area contributed by atoms with Crippen molar-refractivity contribution in [2.75, 3.05) is 26.4 Å². The first-order chi connectivity index (χ1) is 6.09. The Balaban J connectivity index is 2.72. The molecule has 2 N–H and O–H groups in total. The molecule has 70 valence electrons. The highest BCUT2D eigenvalue weighted by atomic mass is 16.1. The van der Waals surface area contributed by atoms with Crippen LogP contribution in [0.25, 0.3) is 0 Å². The van der Waals surface area contributed by atoms with Crippen LogP contribution in [0.5, 0.6) is 0 Å². The Morgan fingerprint density at radius 2 is 1.85 bits per heavy atom. The van der Waals surface area contributed by atoms with Crippen LogP contribution in [0.4, 0.5) is 5.69 Å². The first kappa shape index (κ1) is 9.74. The zero-order valence-electron chi connectivity index (χ0n) is 7.95. The highest BCUT2D eigenvalue weighted by molar-refractivity contribution is 5.97. The number of nitrogen functional groups attached to an aromatic ring is 1. The highest BCUT2D eigenvalue weighted by Crippen LogP contribution is 2.06. The van der Waals surface area contributed by atoms with Crippen molar-refractivity contribution in [3.8, 4) is 0 Å². The van der Waals surface area contributed by atoms with Crippen molar-refractivity contribution >= 4 is 11.5 Å². The molecule has 0 saturated heterocycles. The van der Waals surface area contributed by atoms with E-state index in [0.29, 0.717) is 17.8 Å². The maximum Gasteiger partial charge on any atom is 0.176 e. The predicted octanol–water partition coefficient (Wildman–Crippen LogP) is 1.01. The Morgan fingerprint density at radius 3 is 2.31 bits per heavy atom. The number of carbonyl (C=O) groups excluding carboxylic acids is 1. The summed E-state index contributed by atoms with van der Waals surface area (Å²) in [4.78, 5) is 13.3. The van der Waals surface area contributed by atoms with Crippen LogP contribution in [-0.4, -0.2) is 31.3 Å². The van der Waals surface area contributed by atoms with E-state index in [1.807, 2.05) is 19.0 Å². The monoisotopic (exact) mass is 178 g/mol. The van der Waals surface area contributed by atoms with Crippen LogP contribution in [0.2, 0.25) is 0 Å². The van der Waals surface area contributed by atoms with Gasteiger partial charge in [0.2, 0.25) is 0 Å². The fraction of sp³-hybridized carbons (Fsp3) is 0.300. The minimum absolute atomic E-state index is 0.116. The summed E-state index contributed by atoms with van der Waals surface area (Å²) in [5.74, 6) is 0.116. The minimum atomic E-state index is 0.116. The average Bonchev–Trinajstić information content (AvgIpc) is 2.04. The topological polar surface area (TPSA) is 46.3 Å². The second-order valence-corrected chi connectivity index (χ2v) is 3.28. The fourth-order valence-corrected chi connectivity index (χ4v) is 1.05. The molecule has 0 spiro atoms. The third kappa shape index (κ3) is 2.87. The lowest BCUT2D eigenvalue weighted by molar-refractivity contribution is 0.0958. The smallest absolute Gasteiger partial charge is 0.176 e. The molecule has 3 nitrogen and oxygen atoms in total. The van der Waals surface area contributed by atoms with Crippen LogP contribution in [0.1, 0.15) is 10.4 Å². The lowest BCUT2D eigenvalue weighted by Crippen LogP contribution is -2.21. The second kappa shape index (κ2) is 4.05. The molecule has 0 amide bonds. The molecule has 0 aliphatic heterocycles. The molecule has 0 radical (unpaired) electrons. The lowest BCUT2D eigenvalue weighted by Gasteiger charge is -2.07. The molecular formula is C10H14N2O. The van der Waals surface area contributed by atoms with Gasteiger partial charge in [-0.2, -0.15) is 0 Å². The van der Waals surface area contributed by atoms with Crippen molar-refractivity contribution in [3.63, 3.8) is 0 Å². The highest BCUT2D eigenvalue weighted by Gasteiger charge is 2.05. The molecule has 1 rings (SSSR count). The molecule has 0 aliphatic carbocycles. The number of carbonyl (C=O) groups is 1. The van der Waals surface area contributed by atoms with Crippen molar-refractivity contribution in [2.24, 2.45) is 0 Å². The molecular weight excluding hydrogens is 164 g/mol. The van der Waals surface area contributed by atoms with E-state index in [2.05, 4.69) is 0 Å². The Morgan fingerprint density at radius 1 is 1.31 bits per heavy atom. The second-order valence-electron chi connectivity index (χ2n) is 3.28. The summed E-state index contributed by atoms with van der Waals surface area (Å²) in [5, 5.41) is 0. The Hall–Kier alpha value is -1.35. The number of hydrogen-bond acceptors (Lipinski definition) is 3. The van der Waals surface area contributed by atoms with Gasteiger partial charge in [-0.15, -0.1) is 0 Å². The van der Waals surface area contributed by atoms with Crippen molar-refractivity contribution in [3.05, 3.63) is 29.8 Å². The van der Waals surface area contributed by atoms with Crippen molar-refractivity contribution in [1.29, 1.82) is 0 Å². The molecule has 0 aromatic heterocycles. The quantitative estimate of drug-likeness (QED) is 0.555. The van der Waals surface area contributed by atoms with E-state index in [1.54, 1.807) is 24.3 Å². The molecule has 0 atom stereocenters. The van der Waals surface area contributed by atoms with Gasteiger partial charge in [0.15, 0.2) is 5.78 Å². The van der Waals surface area contributed by atoms with E-state index < -0.39 is 0 Å². The molecule has 13 heavy (non-hydrogen) atoms. The predicted molar refractivity (Wildman–Crippen MR) is 53.7 cm³/mol. The third-order valence-electron chi connectivity index (χ3n) is 1.69. The van der Waals surface area contributed by atoms with E-state index in [-0.39, 0.29) is 5.78 Å². The molecule has 0 bridgehead atoms. The van der Waals surface area contributed by atoms with Gasteiger partial charge in [0.1, 0.15) is 0 Å². The van der Waals surface area contributed by atoms with Gasteiger partial charge >= 0.3 is 0 Å². The van der Waals surface area contributed by atoms with Gasteiger partial charge in [-0.3, -0.25) is 4.79 Å². The van der Waals surface area contributed by atoms with E-state index >= 15 is 0 Å². The molecule has 0 unspecified atom stereocenters. The van der Waals surface area contributed by atoms with Crippen LogP contribution in [0, 0.1) is 0 Å². The third-order valence-corrected chi connectivity index (χ3v) is 1.69. The zero-order valence-corrected chi connectivity index (χ0v) is 7.95. The van der Waals surface area contributed by atoms with Gasteiger partial charge in [0.05, 0.1) is 6.54 Å². The van der Waals surface area contributed by atoms with E-state index in [1.165, 1.54) is 0 Å². The van der Waals surface area contributed by atoms with Gasteiger partial charge in [0, 0.05) is 11.3 Å². The number of likely N-dealkylation sites (N-methyl/N-ethyl adjacent to an activating group) is 1. The zero-order chi connectivity index (χ0) is 9.84. The maximum absolute atomic E-state index is 11.5. The summed E-state index contributed by atoms with van der Waals surface area (Å²) < 4.78 is 0. The number of benzene rings is 1. The summed E-state index contributed by atoms with van der Waals surface area (Å²) in [5.41, 5.74) is 6.90. The molecule has 0 saturated carbocycles. The van der Waals surface area contributed by atoms with Gasteiger partial charge in [0.25, 0.3) is 0 Å². The molecule has 0 heterocycles. The number of hydrogen-bond donors (Lipinski definition) is 1. The normalized spacial score (nSPS) is 10.4. The lowest BCUT2D eigenvalue weighted by atomic mass is 10.1. The summed E-state index contributed by atoms with van der Waals surface area (Å²) in [6.07, 6.45) is 0. The standard InChI is InChI=1S/C10H14N2O/c1-12(2)7-10(13)8-3-5-9(11)6-4-8/h3-6H,7,11H2,1-2H3. The number of anilines is 1. The number of Topliss-reactive ketones (excluding diaryl/α,β-unsaturated/α-hetero) is 1. The van der Waals surface area contributed by atoms with Gasteiger partial charge in [-0.05, 0) is 38.4 Å². The van der Waals surface area contributed by atoms with E-state index in [9.17, 15) is 4.79 Å².